The number of fused-ring (bicyclic) bond motifs is 8. The average Bonchev–Trinajstić information content (AvgIpc) is 4.00. The fourth-order valence-corrected chi connectivity index (χ4v) is 10.8. The van der Waals surface area contributed by atoms with Gasteiger partial charge in [-0.1, -0.05) is 99.0 Å². The molecule has 10 heteroatoms. The minimum atomic E-state index is -1.21. The van der Waals surface area contributed by atoms with Gasteiger partial charge in [-0.05, 0) is 107 Å². The summed E-state index contributed by atoms with van der Waals surface area (Å²) in [5.41, 5.74) is 10.1. The van der Waals surface area contributed by atoms with Crippen molar-refractivity contribution in [3.8, 4) is 0 Å². The zero-order valence-electron chi connectivity index (χ0n) is 41.5. The van der Waals surface area contributed by atoms with Crippen molar-refractivity contribution >= 4 is 45.6 Å². The van der Waals surface area contributed by atoms with Crippen LogP contribution in [0.1, 0.15) is 229 Å². The van der Waals surface area contributed by atoms with Crippen LogP contribution in [0.2, 0.25) is 0 Å². The zero-order chi connectivity index (χ0) is 47.3. The van der Waals surface area contributed by atoms with Crippen molar-refractivity contribution in [3.05, 3.63) is 80.4 Å². The molecule has 352 valence electrons. The van der Waals surface area contributed by atoms with Gasteiger partial charge in [-0.15, -0.1) is 0 Å². The molecule has 7 atom stereocenters. The lowest BCUT2D eigenvalue weighted by molar-refractivity contribution is -0.143. The number of allylic oxidation sites excluding steroid dienone is 1. The highest BCUT2D eigenvalue weighted by Gasteiger charge is 2.45. The summed E-state index contributed by atoms with van der Waals surface area (Å²) in [6, 6.07) is 5.99. The lowest BCUT2D eigenvalue weighted by atomic mass is 9.91. The highest BCUT2D eigenvalue weighted by molar-refractivity contribution is 6.23. The van der Waals surface area contributed by atoms with Crippen LogP contribution in [0.15, 0.2) is 29.8 Å². The fraction of sp³-hybridized carbons (Fsp3) is 0.600. The molecule has 0 unspecified atom stereocenters. The summed E-state index contributed by atoms with van der Waals surface area (Å²) < 4.78 is 11.1. The molecule has 2 N–H and O–H groups in total. The Bertz CT molecular complexity index is 2450. The van der Waals surface area contributed by atoms with Gasteiger partial charge in [0.2, 0.25) is 0 Å². The van der Waals surface area contributed by atoms with E-state index in [1.54, 1.807) is 6.92 Å². The number of rotatable bonds is 20. The van der Waals surface area contributed by atoms with Crippen LogP contribution in [0.3, 0.4) is 0 Å². The zero-order valence-corrected chi connectivity index (χ0v) is 41.5. The number of ether oxygens (including phenoxy) is 2. The SMILES string of the molecule is CC[C@@H]1[C@@H](C)c2[13cH][13c]3[nH]c([13cH]c4n[13c]([13c]5[13c]6[nH]c([13cH][13c]1n2)c(C)c6C(=O)[C@@H]5C(=O)OC)[C@@H](CCC(=O)OC/C=C(\C)CCC[C@H](C)CCC[C@H](C)CCCC(C)C)[C@@H]4C)c(C)c3C(C)=O. The number of carbonyl (C=O) groups excluding carboxylic acids is 4. The van der Waals surface area contributed by atoms with Gasteiger partial charge >= 0.3 is 11.9 Å². The number of methoxy groups -OCH3 is 1. The van der Waals surface area contributed by atoms with Crippen LogP contribution < -0.4 is 0 Å². The number of aromatic amines is 2. The molecule has 8 bridgehead atoms. The maximum absolute atomic E-state index is 14.4. The molecule has 0 saturated heterocycles. The van der Waals surface area contributed by atoms with Crippen LogP contribution in [0.25, 0.3) is 22.1 Å². The van der Waals surface area contributed by atoms with Crippen molar-refractivity contribution in [1.82, 2.24) is 19.9 Å². The number of nitrogens with zero attached hydrogens (tertiary/aromatic N) is 2. The maximum Gasteiger partial charge on any atom is 0.321 e. The Morgan fingerprint density at radius 2 is 1.37 bits per heavy atom. The Hall–Kier alpha value is -4.86. The standard InChI is InChI=1S/C55H76N4O6/c1-13-39-34(7)41-29-46-48(38(11)60)36(9)43(57-46)27-42-35(8)40(52(58-42)50-51(55(63)64-12)54(62)49-37(10)44(59-53(49)50)28-45(39)56-41)23-24-47(61)65-26-25-33(6)22-16-21-32(5)20-15-19-31(4)18-14-17-30(2)3/h25,27-32,34-35,39-40,51,57,59H,13-24,26H2,1-12H3/b33-25+,41-29?,42-27?,43-27?,44-28?,45-28?,46-29?,52-50?/t31-,32-,34-,35+,39-,40+,51-/m1/s1/i27+1,28+1,29+1,45+1,46+1,50+1,52+1,53+1. The molecule has 6 rings (SSSR count). The van der Waals surface area contributed by atoms with Gasteiger partial charge in [0.15, 0.2) is 11.6 Å². The predicted octanol–water partition coefficient (Wildman–Crippen LogP) is 13.5. The van der Waals surface area contributed by atoms with Gasteiger partial charge < -0.3 is 19.4 Å². The Kier molecular flexibility index (Phi) is 16.5. The number of aromatic nitrogens is 4. The van der Waals surface area contributed by atoms with Gasteiger partial charge in [0, 0.05) is 74.9 Å². The number of aryl methyl sites for hydroxylation is 2. The molecule has 10 nitrogen and oxygen atoms in total. The molecule has 0 spiro atoms. The summed E-state index contributed by atoms with van der Waals surface area (Å²) in [5.74, 6) is -0.573. The first-order valence-electron chi connectivity index (χ1n) is 24.7. The maximum atomic E-state index is 14.4. The smallest absolute Gasteiger partial charge is 0.321 e. The second-order valence-electron chi connectivity index (χ2n) is 20.3. The summed E-state index contributed by atoms with van der Waals surface area (Å²) in [5, 5.41) is 0. The first-order chi connectivity index (χ1) is 30.9. The molecule has 0 saturated carbocycles. The van der Waals surface area contributed by atoms with Gasteiger partial charge in [-0.25, -0.2) is 0 Å². The summed E-state index contributed by atoms with van der Waals surface area (Å²) in [4.78, 5) is 72.1. The number of hydrogen-bond acceptors (Lipinski definition) is 8. The molecule has 0 radical (unpaired) electrons. The minimum Gasteiger partial charge on any atom is -0.468 e. The number of Topliss-reactive ketones (excluding diaryl/α,β-unsaturated/α-hetero) is 2. The van der Waals surface area contributed by atoms with Gasteiger partial charge in [0.25, 0.3) is 0 Å². The molecule has 3 aliphatic rings. The molecule has 3 aromatic heterocycles. The summed E-state index contributed by atoms with van der Waals surface area (Å²) in [6.07, 6.45) is 14.6. The van der Waals surface area contributed by atoms with Crippen LogP contribution in [-0.4, -0.2) is 57.2 Å². The second-order valence-corrected chi connectivity index (χ2v) is 20.3. The normalized spacial score (nSPS) is 20.4. The van der Waals surface area contributed by atoms with Gasteiger partial charge in [-0.2, -0.15) is 0 Å². The lowest BCUT2D eigenvalue weighted by Gasteiger charge is -2.18. The van der Waals surface area contributed by atoms with Crippen molar-refractivity contribution < 1.29 is 28.7 Å². The number of carbonyl (C=O) groups is 4. The third-order valence-corrected chi connectivity index (χ3v) is 14.9. The summed E-state index contributed by atoms with van der Waals surface area (Å²) in [6.45, 7) is 23.5. The molecular weight excluding hydrogens is 821 g/mol. The molecular formula is C55H76N4O6. The Morgan fingerprint density at radius 1 is 0.769 bits per heavy atom. The summed E-state index contributed by atoms with van der Waals surface area (Å²) >= 11 is 0. The summed E-state index contributed by atoms with van der Waals surface area (Å²) in [7, 11) is 1.30. The van der Waals surface area contributed by atoms with Crippen molar-refractivity contribution in [2.45, 2.75) is 183 Å². The Balaban J connectivity index is 1.25. The monoisotopic (exact) mass is 897 g/mol. The first-order valence-corrected chi connectivity index (χ1v) is 24.7. The van der Waals surface area contributed by atoms with Gasteiger partial charge in [-0.3, -0.25) is 29.1 Å². The third kappa shape index (κ3) is 11.1. The minimum absolute atomic E-state index is 0.0532. The highest BCUT2D eigenvalue weighted by Crippen LogP contribution is 2.48. The predicted molar refractivity (Wildman–Crippen MR) is 261 cm³/mol. The Morgan fingerprint density at radius 3 is 2.02 bits per heavy atom. The van der Waals surface area contributed by atoms with Gasteiger partial charge in [0.05, 0.1) is 23.8 Å². The van der Waals surface area contributed by atoms with E-state index in [1.165, 1.54) is 57.6 Å². The van der Waals surface area contributed by atoms with Crippen molar-refractivity contribution in [2.24, 2.45) is 17.8 Å². The van der Waals surface area contributed by atoms with Crippen molar-refractivity contribution in [1.29, 1.82) is 0 Å². The molecule has 1 aliphatic carbocycles. The molecule has 65 heavy (non-hydrogen) atoms. The molecule has 2 aliphatic heterocycles. The molecule has 3 aromatic rings. The molecule has 0 amide bonds. The fourth-order valence-electron chi connectivity index (χ4n) is 10.8. The van der Waals surface area contributed by atoms with E-state index in [9.17, 15) is 19.2 Å². The topological polar surface area (TPSA) is 144 Å². The van der Waals surface area contributed by atoms with E-state index in [0.29, 0.717) is 45.8 Å². The second kappa shape index (κ2) is 21.6. The van der Waals surface area contributed by atoms with E-state index in [1.807, 2.05) is 38.1 Å². The lowest BCUT2D eigenvalue weighted by Crippen LogP contribution is -2.21. The molecule has 5 heterocycles. The van der Waals surface area contributed by atoms with Crippen LogP contribution in [0.5, 0.6) is 0 Å². The van der Waals surface area contributed by atoms with E-state index in [0.717, 1.165) is 70.3 Å². The van der Waals surface area contributed by atoms with E-state index in [2.05, 4.69) is 65.4 Å². The largest absolute Gasteiger partial charge is 0.468 e. The quantitative estimate of drug-likeness (QED) is 0.0494. The number of esters is 2. The van der Waals surface area contributed by atoms with Crippen LogP contribution >= 0.6 is 0 Å². The van der Waals surface area contributed by atoms with Gasteiger partial charge in [0.1, 0.15) is 12.5 Å². The van der Waals surface area contributed by atoms with E-state index in [-0.39, 0.29) is 54.2 Å². The number of H-pyrrole nitrogens is 2. The van der Waals surface area contributed by atoms with Crippen molar-refractivity contribution in [3.63, 3.8) is 0 Å². The third-order valence-electron chi connectivity index (χ3n) is 14.9. The number of ketones is 2. The van der Waals surface area contributed by atoms with E-state index < -0.39 is 11.9 Å². The Labute approximate surface area is 387 Å². The first kappa shape index (κ1) is 49.6. The van der Waals surface area contributed by atoms with Crippen molar-refractivity contribution in [2.75, 3.05) is 13.7 Å². The highest BCUT2D eigenvalue weighted by atomic mass is 16.5. The van der Waals surface area contributed by atoms with E-state index in [4.69, 9.17) is 19.4 Å². The van der Waals surface area contributed by atoms with Crippen LogP contribution in [-0.2, 0) is 19.1 Å². The number of hydrogen-bond donors (Lipinski definition) is 2. The average molecular weight is 897 g/mol. The van der Waals surface area contributed by atoms with E-state index >= 15 is 0 Å². The number of nitrogens with one attached hydrogen (secondary N) is 2. The molecule has 0 fully saturated rings. The van der Waals surface area contributed by atoms with Crippen LogP contribution in [0, 0.1) is 31.6 Å². The molecule has 0 aromatic carbocycles. The van der Waals surface area contributed by atoms with Crippen LogP contribution in [0.4, 0.5) is 0 Å².